The first-order valence-electron chi connectivity index (χ1n) is 5.14. The fourth-order valence-corrected chi connectivity index (χ4v) is 1.31. The summed E-state index contributed by atoms with van der Waals surface area (Å²) in [5.41, 5.74) is 0.779. The third-order valence-electron chi connectivity index (χ3n) is 2.52. The van der Waals surface area contributed by atoms with Crippen molar-refractivity contribution in [3.05, 3.63) is 39.9 Å². The van der Waals surface area contributed by atoms with Gasteiger partial charge in [-0.3, -0.25) is 10.1 Å². The molecule has 16 heavy (non-hydrogen) atoms. The summed E-state index contributed by atoms with van der Waals surface area (Å²) in [4.78, 5) is 20.7. The van der Waals surface area contributed by atoms with Crippen molar-refractivity contribution in [1.29, 1.82) is 0 Å². The van der Waals surface area contributed by atoms with Gasteiger partial charge in [0, 0.05) is 17.5 Å². The van der Waals surface area contributed by atoms with Gasteiger partial charge in [0.15, 0.2) is 0 Å². The number of nitrogens with zero attached hydrogens (tertiary/aromatic N) is 1. The van der Waals surface area contributed by atoms with Crippen molar-refractivity contribution in [3.8, 4) is 0 Å². The standard InChI is InChI=1S/C12H15NO3/c1-12(2,9-14)8-7-10-3-5-11(6-4-10)13(15)16/h3-6,9H,7-8H2,1-2H3. The molecule has 1 aromatic rings. The van der Waals surface area contributed by atoms with Crippen LogP contribution in [-0.2, 0) is 11.2 Å². The third kappa shape index (κ3) is 3.46. The van der Waals surface area contributed by atoms with Gasteiger partial charge in [-0.25, -0.2) is 0 Å². The number of hydrogen-bond donors (Lipinski definition) is 0. The lowest BCUT2D eigenvalue weighted by atomic mass is 9.88. The van der Waals surface area contributed by atoms with E-state index < -0.39 is 4.92 Å². The molecule has 0 unspecified atom stereocenters. The normalized spacial score (nSPS) is 11.1. The summed E-state index contributed by atoms with van der Waals surface area (Å²) in [6, 6.07) is 6.45. The van der Waals surface area contributed by atoms with Crippen LogP contribution in [0.15, 0.2) is 24.3 Å². The Labute approximate surface area is 94.4 Å². The van der Waals surface area contributed by atoms with Crippen molar-refractivity contribution in [1.82, 2.24) is 0 Å². The zero-order chi connectivity index (χ0) is 12.2. The number of nitro benzene ring substituents is 1. The van der Waals surface area contributed by atoms with Gasteiger partial charge < -0.3 is 4.79 Å². The maximum absolute atomic E-state index is 10.7. The summed E-state index contributed by atoms with van der Waals surface area (Å²) in [5, 5.41) is 10.4. The SMILES string of the molecule is CC(C)(C=O)CCc1ccc([N+](=O)[O-])cc1. The van der Waals surface area contributed by atoms with Crippen LogP contribution in [0.3, 0.4) is 0 Å². The van der Waals surface area contributed by atoms with E-state index in [2.05, 4.69) is 0 Å². The Morgan fingerprint density at radius 3 is 2.31 bits per heavy atom. The molecule has 1 rings (SSSR count). The number of nitro groups is 1. The first kappa shape index (κ1) is 12.4. The van der Waals surface area contributed by atoms with Gasteiger partial charge in [0.25, 0.3) is 5.69 Å². The van der Waals surface area contributed by atoms with Crippen LogP contribution in [0.2, 0.25) is 0 Å². The van der Waals surface area contributed by atoms with Crippen LogP contribution < -0.4 is 0 Å². The molecule has 0 aliphatic heterocycles. The average molecular weight is 221 g/mol. The highest BCUT2D eigenvalue weighted by molar-refractivity contribution is 5.57. The van der Waals surface area contributed by atoms with Gasteiger partial charge in [-0.15, -0.1) is 0 Å². The van der Waals surface area contributed by atoms with E-state index in [1.54, 1.807) is 12.1 Å². The Morgan fingerprint density at radius 1 is 1.31 bits per heavy atom. The van der Waals surface area contributed by atoms with E-state index in [4.69, 9.17) is 0 Å². The second-order valence-corrected chi connectivity index (χ2v) is 4.53. The summed E-state index contributed by atoms with van der Waals surface area (Å²) >= 11 is 0. The number of benzene rings is 1. The molecule has 0 heterocycles. The molecular formula is C12H15NO3. The van der Waals surface area contributed by atoms with Crippen LogP contribution in [0, 0.1) is 15.5 Å². The Bertz CT molecular complexity index is 382. The van der Waals surface area contributed by atoms with E-state index in [9.17, 15) is 14.9 Å². The number of aryl methyl sites for hydroxylation is 1. The molecule has 4 heteroatoms. The van der Waals surface area contributed by atoms with Crippen molar-refractivity contribution in [2.24, 2.45) is 5.41 Å². The van der Waals surface area contributed by atoms with Gasteiger partial charge in [0.1, 0.15) is 6.29 Å². The molecule has 0 radical (unpaired) electrons. The molecule has 0 atom stereocenters. The number of carbonyl (C=O) groups is 1. The zero-order valence-corrected chi connectivity index (χ0v) is 9.47. The largest absolute Gasteiger partial charge is 0.303 e. The molecule has 0 bridgehead atoms. The molecule has 0 saturated heterocycles. The van der Waals surface area contributed by atoms with E-state index in [0.717, 1.165) is 24.7 Å². The van der Waals surface area contributed by atoms with Crippen LogP contribution in [0.5, 0.6) is 0 Å². The molecule has 0 saturated carbocycles. The first-order chi connectivity index (χ1) is 7.44. The minimum atomic E-state index is -0.418. The Morgan fingerprint density at radius 2 is 1.88 bits per heavy atom. The second-order valence-electron chi connectivity index (χ2n) is 4.53. The van der Waals surface area contributed by atoms with Crippen LogP contribution in [0.4, 0.5) is 5.69 Å². The van der Waals surface area contributed by atoms with Crippen molar-refractivity contribution in [2.75, 3.05) is 0 Å². The fourth-order valence-electron chi connectivity index (χ4n) is 1.31. The predicted molar refractivity (Wildman–Crippen MR) is 61.3 cm³/mol. The summed E-state index contributed by atoms with van der Waals surface area (Å²) in [6.07, 6.45) is 2.44. The van der Waals surface area contributed by atoms with Crippen molar-refractivity contribution in [3.63, 3.8) is 0 Å². The topological polar surface area (TPSA) is 60.2 Å². The van der Waals surface area contributed by atoms with E-state index in [0.29, 0.717) is 0 Å². The van der Waals surface area contributed by atoms with Gasteiger partial charge in [-0.05, 0) is 18.4 Å². The maximum atomic E-state index is 10.7. The van der Waals surface area contributed by atoms with Crippen LogP contribution >= 0.6 is 0 Å². The third-order valence-corrected chi connectivity index (χ3v) is 2.52. The predicted octanol–water partition coefficient (Wildman–Crippen LogP) is 2.75. The molecule has 1 aromatic carbocycles. The van der Waals surface area contributed by atoms with Gasteiger partial charge in [0.2, 0.25) is 0 Å². The van der Waals surface area contributed by atoms with Crippen molar-refractivity contribution < 1.29 is 9.72 Å². The highest BCUT2D eigenvalue weighted by Gasteiger charge is 2.16. The lowest BCUT2D eigenvalue weighted by Crippen LogP contribution is -2.13. The second kappa shape index (κ2) is 4.88. The number of non-ortho nitro benzene ring substituents is 1. The van der Waals surface area contributed by atoms with E-state index >= 15 is 0 Å². The molecule has 0 amide bonds. The summed E-state index contributed by atoms with van der Waals surface area (Å²) in [6.45, 7) is 3.76. The molecular weight excluding hydrogens is 206 g/mol. The van der Waals surface area contributed by atoms with Crippen LogP contribution in [0.25, 0.3) is 0 Å². The van der Waals surface area contributed by atoms with Crippen LogP contribution in [-0.4, -0.2) is 11.2 Å². The molecule has 0 aliphatic carbocycles. The van der Waals surface area contributed by atoms with Gasteiger partial charge >= 0.3 is 0 Å². The number of rotatable bonds is 5. The number of hydrogen-bond acceptors (Lipinski definition) is 3. The fraction of sp³-hybridized carbons (Fsp3) is 0.417. The molecule has 86 valence electrons. The number of carbonyl (C=O) groups excluding carboxylic acids is 1. The average Bonchev–Trinajstić information content (AvgIpc) is 2.27. The van der Waals surface area contributed by atoms with E-state index in [-0.39, 0.29) is 11.1 Å². The van der Waals surface area contributed by atoms with Crippen LogP contribution in [0.1, 0.15) is 25.8 Å². The summed E-state index contributed by atoms with van der Waals surface area (Å²) < 4.78 is 0. The lowest BCUT2D eigenvalue weighted by Gasteiger charge is -2.15. The summed E-state index contributed by atoms with van der Waals surface area (Å²) in [7, 11) is 0. The molecule has 0 N–H and O–H groups in total. The Hall–Kier alpha value is -1.71. The highest BCUT2D eigenvalue weighted by Crippen LogP contribution is 2.21. The first-order valence-corrected chi connectivity index (χ1v) is 5.14. The molecule has 0 fully saturated rings. The lowest BCUT2D eigenvalue weighted by molar-refractivity contribution is -0.384. The Balaban J connectivity index is 2.63. The zero-order valence-electron chi connectivity index (χ0n) is 9.47. The molecule has 4 nitrogen and oxygen atoms in total. The molecule has 0 spiro atoms. The minimum absolute atomic E-state index is 0.0957. The Kier molecular flexibility index (Phi) is 3.77. The van der Waals surface area contributed by atoms with Gasteiger partial charge in [0.05, 0.1) is 4.92 Å². The maximum Gasteiger partial charge on any atom is 0.269 e. The van der Waals surface area contributed by atoms with Gasteiger partial charge in [-0.2, -0.15) is 0 Å². The molecule has 0 aliphatic rings. The van der Waals surface area contributed by atoms with E-state index in [1.165, 1.54) is 12.1 Å². The van der Waals surface area contributed by atoms with Crippen molar-refractivity contribution in [2.45, 2.75) is 26.7 Å². The highest BCUT2D eigenvalue weighted by atomic mass is 16.6. The summed E-state index contributed by atoms with van der Waals surface area (Å²) in [5.74, 6) is 0. The van der Waals surface area contributed by atoms with Gasteiger partial charge in [-0.1, -0.05) is 26.0 Å². The van der Waals surface area contributed by atoms with E-state index in [1.807, 2.05) is 13.8 Å². The quantitative estimate of drug-likeness (QED) is 0.436. The van der Waals surface area contributed by atoms with Crippen molar-refractivity contribution >= 4 is 12.0 Å². The smallest absolute Gasteiger partial charge is 0.269 e. The number of aldehydes is 1. The minimum Gasteiger partial charge on any atom is -0.303 e. The monoisotopic (exact) mass is 221 g/mol. The molecule has 0 aromatic heterocycles.